The maximum absolute atomic E-state index is 12.6. The molecule has 5 heteroatoms. The van der Waals surface area contributed by atoms with Crippen molar-refractivity contribution >= 4 is 17.7 Å². The third-order valence-corrected chi connectivity index (χ3v) is 5.86. The standard InChI is InChI=1S/C17H22N2O3/c1-10-3-2-6-18(8-10)13(20)9-19-16(21)14-11-4-5-12(7-11)15(14)17(19)22/h4-5,10-12,14-15H,2-3,6-9H2,1H3/t10-,11-,12+,14-,15+/m1/s1. The summed E-state index contributed by atoms with van der Waals surface area (Å²) in [6.07, 6.45) is 7.24. The molecule has 4 aliphatic rings. The van der Waals surface area contributed by atoms with E-state index >= 15 is 0 Å². The van der Waals surface area contributed by atoms with Gasteiger partial charge in [0.2, 0.25) is 17.7 Å². The normalized spacial score (nSPS) is 39.8. The molecule has 0 radical (unpaired) electrons. The van der Waals surface area contributed by atoms with E-state index in [9.17, 15) is 14.4 Å². The molecule has 1 saturated carbocycles. The fourth-order valence-corrected chi connectivity index (χ4v) is 4.77. The number of imide groups is 1. The maximum Gasteiger partial charge on any atom is 0.242 e. The number of hydrogen-bond donors (Lipinski definition) is 0. The molecular weight excluding hydrogens is 280 g/mol. The number of carbonyl (C=O) groups is 3. The Morgan fingerprint density at radius 2 is 1.82 bits per heavy atom. The lowest BCUT2D eigenvalue weighted by Crippen LogP contribution is -2.46. The smallest absolute Gasteiger partial charge is 0.242 e. The van der Waals surface area contributed by atoms with Crippen molar-refractivity contribution in [2.75, 3.05) is 19.6 Å². The third kappa shape index (κ3) is 1.94. The first-order chi connectivity index (χ1) is 10.6. The minimum absolute atomic E-state index is 0.0587. The topological polar surface area (TPSA) is 57.7 Å². The highest BCUT2D eigenvalue weighted by Crippen LogP contribution is 2.52. The lowest BCUT2D eigenvalue weighted by molar-refractivity contribution is -0.147. The third-order valence-electron chi connectivity index (χ3n) is 5.86. The van der Waals surface area contributed by atoms with Gasteiger partial charge in [0, 0.05) is 13.1 Å². The molecule has 3 fully saturated rings. The van der Waals surface area contributed by atoms with Gasteiger partial charge in [0.1, 0.15) is 6.54 Å². The number of likely N-dealkylation sites (tertiary alicyclic amines) is 2. The van der Waals surface area contributed by atoms with Crippen LogP contribution in [0.4, 0.5) is 0 Å². The van der Waals surface area contributed by atoms with Crippen LogP contribution in [0.5, 0.6) is 0 Å². The van der Waals surface area contributed by atoms with Crippen LogP contribution < -0.4 is 0 Å². The summed E-state index contributed by atoms with van der Waals surface area (Å²) in [5, 5.41) is 0. The predicted molar refractivity (Wildman–Crippen MR) is 79.4 cm³/mol. The summed E-state index contributed by atoms with van der Waals surface area (Å²) in [5.41, 5.74) is 0. The Morgan fingerprint density at radius 3 is 2.41 bits per heavy atom. The number of carbonyl (C=O) groups excluding carboxylic acids is 3. The van der Waals surface area contributed by atoms with Crippen LogP contribution in [0.1, 0.15) is 26.2 Å². The van der Waals surface area contributed by atoms with Crippen molar-refractivity contribution in [1.29, 1.82) is 0 Å². The van der Waals surface area contributed by atoms with Gasteiger partial charge in [0.15, 0.2) is 0 Å². The van der Waals surface area contributed by atoms with Gasteiger partial charge in [0.05, 0.1) is 11.8 Å². The van der Waals surface area contributed by atoms with Crippen LogP contribution in [0.3, 0.4) is 0 Å². The average Bonchev–Trinajstić information content (AvgIpc) is 3.17. The zero-order valence-corrected chi connectivity index (χ0v) is 12.9. The van der Waals surface area contributed by atoms with Crippen molar-refractivity contribution in [1.82, 2.24) is 9.80 Å². The highest BCUT2D eigenvalue weighted by Gasteiger charge is 2.59. The Labute approximate surface area is 130 Å². The van der Waals surface area contributed by atoms with Crippen LogP contribution in [0.15, 0.2) is 12.2 Å². The van der Waals surface area contributed by atoms with Crippen molar-refractivity contribution < 1.29 is 14.4 Å². The molecule has 3 amide bonds. The molecule has 2 heterocycles. The number of nitrogens with zero attached hydrogens (tertiary/aromatic N) is 2. The summed E-state index contributed by atoms with van der Waals surface area (Å²) in [4.78, 5) is 40.6. The monoisotopic (exact) mass is 302 g/mol. The second-order valence-electron chi connectivity index (χ2n) is 7.35. The van der Waals surface area contributed by atoms with Gasteiger partial charge in [-0.05, 0) is 37.0 Å². The summed E-state index contributed by atoms with van der Waals surface area (Å²) >= 11 is 0. The second kappa shape index (κ2) is 4.93. The van der Waals surface area contributed by atoms with Gasteiger partial charge in [-0.25, -0.2) is 0 Å². The van der Waals surface area contributed by atoms with Crippen molar-refractivity contribution in [2.45, 2.75) is 26.2 Å². The Balaban J connectivity index is 1.47. The molecule has 5 nitrogen and oxygen atoms in total. The van der Waals surface area contributed by atoms with Crippen molar-refractivity contribution in [3.8, 4) is 0 Å². The van der Waals surface area contributed by atoms with E-state index in [4.69, 9.17) is 0 Å². The molecule has 0 aromatic rings. The molecule has 2 saturated heterocycles. The first-order valence-corrected chi connectivity index (χ1v) is 8.37. The van der Waals surface area contributed by atoms with Crippen LogP contribution in [0.2, 0.25) is 0 Å². The number of amides is 3. The Hall–Kier alpha value is -1.65. The summed E-state index contributed by atoms with van der Waals surface area (Å²) < 4.78 is 0. The average molecular weight is 302 g/mol. The van der Waals surface area contributed by atoms with Crippen molar-refractivity contribution in [3.05, 3.63) is 12.2 Å². The van der Waals surface area contributed by atoms with Crippen molar-refractivity contribution in [2.24, 2.45) is 29.6 Å². The Morgan fingerprint density at radius 1 is 1.18 bits per heavy atom. The quantitative estimate of drug-likeness (QED) is 0.566. The molecule has 0 aromatic carbocycles. The molecule has 118 valence electrons. The van der Waals surface area contributed by atoms with E-state index in [-0.39, 0.29) is 47.9 Å². The largest absolute Gasteiger partial charge is 0.341 e. The summed E-state index contributed by atoms with van der Waals surface area (Å²) in [5.74, 6) is 0.209. The van der Waals surface area contributed by atoms with Gasteiger partial charge >= 0.3 is 0 Å². The first kappa shape index (κ1) is 14.0. The number of rotatable bonds is 2. The van der Waals surface area contributed by atoms with E-state index in [1.54, 1.807) is 0 Å². The van der Waals surface area contributed by atoms with Crippen LogP contribution in [0, 0.1) is 29.6 Å². The Kier molecular flexibility index (Phi) is 3.13. The number of fused-ring (bicyclic) bond motifs is 5. The van der Waals surface area contributed by atoms with E-state index in [1.807, 2.05) is 4.90 Å². The van der Waals surface area contributed by atoms with Crippen molar-refractivity contribution in [3.63, 3.8) is 0 Å². The van der Waals surface area contributed by atoms with Gasteiger partial charge in [0.25, 0.3) is 0 Å². The van der Waals surface area contributed by atoms with Crippen LogP contribution >= 0.6 is 0 Å². The molecule has 2 aliphatic heterocycles. The van der Waals surface area contributed by atoms with E-state index in [0.29, 0.717) is 5.92 Å². The molecule has 22 heavy (non-hydrogen) atoms. The number of allylic oxidation sites excluding steroid dienone is 2. The van der Waals surface area contributed by atoms with E-state index in [0.717, 1.165) is 32.4 Å². The van der Waals surface area contributed by atoms with Crippen LogP contribution in [-0.2, 0) is 14.4 Å². The fraction of sp³-hybridized carbons (Fsp3) is 0.706. The number of hydrogen-bond acceptors (Lipinski definition) is 3. The molecule has 0 unspecified atom stereocenters. The predicted octanol–water partition coefficient (Wildman–Crippen LogP) is 1.05. The molecule has 2 bridgehead atoms. The molecular formula is C17H22N2O3. The fourth-order valence-electron chi connectivity index (χ4n) is 4.77. The lowest BCUT2D eigenvalue weighted by atomic mass is 9.85. The molecule has 0 spiro atoms. The summed E-state index contributed by atoms with van der Waals surface area (Å²) in [6, 6.07) is 0. The zero-order chi connectivity index (χ0) is 15.4. The number of piperidine rings is 1. The van der Waals surface area contributed by atoms with Gasteiger partial charge in [-0.3, -0.25) is 19.3 Å². The maximum atomic E-state index is 12.6. The minimum atomic E-state index is -0.199. The molecule has 4 rings (SSSR count). The Bertz CT molecular complexity index is 540. The SMILES string of the molecule is C[C@@H]1CCCN(C(=O)CN2C(=O)[C@@H]3[C@H](C2=O)[C@@H]2C=C[C@H]3C2)C1. The second-order valence-corrected chi connectivity index (χ2v) is 7.35. The first-order valence-electron chi connectivity index (χ1n) is 8.37. The van der Waals surface area contributed by atoms with E-state index in [2.05, 4.69) is 19.1 Å². The van der Waals surface area contributed by atoms with Crippen LogP contribution in [0.25, 0.3) is 0 Å². The molecule has 5 atom stereocenters. The van der Waals surface area contributed by atoms with Gasteiger partial charge in [-0.2, -0.15) is 0 Å². The molecule has 0 aromatic heterocycles. The van der Waals surface area contributed by atoms with Gasteiger partial charge < -0.3 is 4.90 Å². The highest BCUT2D eigenvalue weighted by molar-refractivity contribution is 6.08. The summed E-state index contributed by atoms with van der Waals surface area (Å²) in [7, 11) is 0. The van der Waals surface area contributed by atoms with E-state index < -0.39 is 0 Å². The van der Waals surface area contributed by atoms with E-state index in [1.165, 1.54) is 4.90 Å². The van der Waals surface area contributed by atoms with Crippen LogP contribution in [-0.4, -0.2) is 47.2 Å². The lowest BCUT2D eigenvalue weighted by Gasteiger charge is -2.32. The zero-order valence-electron chi connectivity index (χ0n) is 12.9. The molecule has 0 N–H and O–H groups in total. The summed E-state index contributed by atoms with van der Waals surface area (Å²) in [6.45, 7) is 3.57. The minimum Gasteiger partial charge on any atom is -0.341 e. The molecule has 2 aliphatic carbocycles. The van der Waals surface area contributed by atoms with Gasteiger partial charge in [-0.1, -0.05) is 19.1 Å². The van der Waals surface area contributed by atoms with Gasteiger partial charge in [-0.15, -0.1) is 0 Å². The highest BCUT2D eigenvalue weighted by atomic mass is 16.2.